The van der Waals surface area contributed by atoms with Crippen molar-refractivity contribution in [3.63, 3.8) is 0 Å². The molecule has 0 aliphatic heterocycles. The van der Waals surface area contributed by atoms with Crippen molar-refractivity contribution in [3.8, 4) is 11.1 Å². The van der Waals surface area contributed by atoms with Crippen LogP contribution in [0, 0.1) is 6.92 Å². The highest BCUT2D eigenvalue weighted by atomic mass is 31.2. The molecular weight excluding hydrogens is 379 g/mol. The second kappa shape index (κ2) is 8.12. The molecule has 0 radical (unpaired) electrons. The summed E-state index contributed by atoms with van der Waals surface area (Å²) >= 11 is 0. The van der Waals surface area contributed by atoms with Crippen LogP contribution in [0.1, 0.15) is 19.4 Å². The van der Waals surface area contributed by atoms with Crippen molar-refractivity contribution >= 4 is 34.4 Å². The SMILES string of the molecule is CCOP(=O)(OCC)c1ccc2ccccc2c1-c1ccc(C)c2ccccc12. The van der Waals surface area contributed by atoms with E-state index in [1.54, 1.807) is 0 Å². The molecular formula is C25H25O3P. The van der Waals surface area contributed by atoms with Crippen LogP contribution in [0.15, 0.2) is 72.8 Å². The van der Waals surface area contributed by atoms with Crippen molar-refractivity contribution in [3.05, 3.63) is 78.4 Å². The van der Waals surface area contributed by atoms with Gasteiger partial charge in [0, 0.05) is 5.56 Å². The van der Waals surface area contributed by atoms with E-state index >= 15 is 0 Å². The van der Waals surface area contributed by atoms with Crippen molar-refractivity contribution in [2.24, 2.45) is 0 Å². The summed E-state index contributed by atoms with van der Waals surface area (Å²) in [4.78, 5) is 0. The summed E-state index contributed by atoms with van der Waals surface area (Å²) in [6.07, 6.45) is 0. The van der Waals surface area contributed by atoms with E-state index < -0.39 is 7.60 Å². The number of hydrogen-bond acceptors (Lipinski definition) is 3. The lowest BCUT2D eigenvalue weighted by Crippen LogP contribution is -2.14. The van der Waals surface area contributed by atoms with Gasteiger partial charge in [-0.3, -0.25) is 4.57 Å². The van der Waals surface area contributed by atoms with Crippen LogP contribution in [0.3, 0.4) is 0 Å². The molecule has 0 heterocycles. The topological polar surface area (TPSA) is 35.5 Å². The van der Waals surface area contributed by atoms with Crippen LogP contribution < -0.4 is 5.30 Å². The lowest BCUT2D eigenvalue weighted by Gasteiger charge is -2.22. The average molecular weight is 404 g/mol. The van der Waals surface area contributed by atoms with E-state index in [-0.39, 0.29) is 0 Å². The number of fused-ring (bicyclic) bond motifs is 2. The molecule has 0 aromatic heterocycles. The highest BCUT2D eigenvalue weighted by Gasteiger charge is 2.31. The van der Waals surface area contributed by atoms with Gasteiger partial charge in [-0.25, -0.2) is 0 Å². The minimum Gasteiger partial charge on any atom is -0.305 e. The van der Waals surface area contributed by atoms with E-state index in [9.17, 15) is 4.57 Å². The number of hydrogen-bond donors (Lipinski definition) is 0. The molecule has 0 amide bonds. The van der Waals surface area contributed by atoms with Gasteiger partial charge < -0.3 is 9.05 Å². The van der Waals surface area contributed by atoms with E-state index in [1.807, 2.05) is 44.2 Å². The Morgan fingerprint density at radius 1 is 0.724 bits per heavy atom. The van der Waals surface area contributed by atoms with Crippen LogP contribution in [0.5, 0.6) is 0 Å². The molecule has 4 aromatic rings. The van der Waals surface area contributed by atoms with E-state index in [2.05, 4.69) is 49.4 Å². The normalized spacial score (nSPS) is 12.0. The fourth-order valence-corrected chi connectivity index (χ4v) is 5.76. The molecule has 0 aliphatic rings. The predicted molar refractivity (Wildman–Crippen MR) is 122 cm³/mol. The standard InChI is InChI=1S/C25H25O3P/c1-4-27-29(26,28-5-2)24-17-15-19-10-6-7-12-21(19)25(24)23-16-14-18(3)20-11-8-9-13-22(20)23/h6-17H,4-5H2,1-3H3. The van der Waals surface area contributed by atoms with Gasteiger partial charge >= 0.3 is 7.60 Å². The van der Waals surface area contributed by atoms with Gasteiger partial charge in [-0.2, -0.15) is 0 Å². The third-order valence-electron chi connectivity index (χ3n) is 5.21. The molecule has 3 nitrogen and oxygen atoms in total. The van der Waals surface area contributed by atoms with Crippen LogP contribution in [-0.2, 0) is 13.6 Å². The molecule has 0 fully saturated rings. The summed E-state index contributed by atoms with van der Waals surface area (Å²) in [5.41, 5.74) is 3.17. The summed E-state index contributed by atoms with van der Waals surface area (Å²) in [5, 5.41) is 5.07. The van der Waals surface area contributed by atoms with E-state index in [0.717, 1.165) is 27.3 Å². The Balaban J connectivity index is 2.14. The Labute approximate surface area is 171 Å². The summed E-state index contributed by atoms with van der Waals surface area (Å²) in [6, 6.07) is 24.7. The zero-order valence-electron chi connectivity index (χ0n) is 17.0. The average Bonchev–Trinajstić information content (AvgIpc) is 2.74. The largest absolute Gasteiger partial charge is 0.361 e. The van der Waals surface area contributed by atoms with Gasteiger partial charge in [0.05, 0.1) is 18.5 Å². The van der Waals surface area contributed by atoms with Crippen molar-refractivity contribution < 1.29 is 13.6 Å². The molecule has 148 valence electrons. The van der Waals surface area contributed by atoms with Gasteiger partial charge in [0.25, 0.3) is 0 Å². The molecule has 29 heavy (non-hydrogen) atoms. The molecule has 0 atom stereocenters. The van der Waals surface area contributed by atoms with Gasteiger partial charge in [-0.1, -0.05) is 66.7 Å². The number of rotatable bonds is 6. The second-order valence-corrected chi connectivity index (χ2v) is 8.98. The summed E-state index contributed by atoms with van der Waals surface area (Å²) in [5.74, 6) is 0. The first-order valence-corrected chi connectivity index (χ1v) is 11.5. The summed E-state index contributed by atoms with van der Waals surface area (Å²) in [6.45, 7) is 6.43. The Hall–Kier alpha value is -2.45. The lowest BCUT2D eigenvalue weighted by atomic mass is 9.92. The van der Waals surface area contributed by atoms with Gasteiger partial charge in [0.2, 0.25) is 0 Å². The Morgan fingerprint density at radius 3 is 2.03 bits per heavy atom. The maximum atomic E-state index is 13.8. The molecule has 4 aromatic carbocycles. The molecule has 0 saturated heterocycles. The highest BCUT2D eigenvalue weighted by Crippen LogP contribution is 2.51. The molecule has 4 rings (SSSR count). The first-order valence-electron chi connectivity index (χ1n) is 9.99. The van der Waals surface area contributed by atoms with Crippen molar-refractivity contribution in [2.45, 2.75) is 20.8 Å². The third-order valence-corrected chi connectivity index (χ3v) is 7.37. The zero-order chi connectivity index (χ0) is 20.4. The van der Waals surface area contributed by atoms with Crippen molar-refractivity contribution in [1.29, 1.82) is 0 Å². The first-order chi connectivity index (χ1) is 14.1. The minimum atomic E-state index is -3.47. The molecule has 0 saturated carbocycles. The first kappa shape index (κ1) is 19.8. The molecule has 0 unspecified atom stereocenters. The van der Waals surface area contributed by atoms with Gasteiger partial charge in [-0.05, 0) is 59.5 Å². The Bertz CT molecular complexity index is 1220. The molecule has 0 spiro atoms. The number of benzene rings is 4. The third kappa shape index (κ3) is 3.51. The second-order valence-electron chi connectivity index (χ2n) is 6.99. The fourth-order valence-electron chi connectivity index (χ4n) is 3.96. The Morgan fingerprint density at radius 2 is 1.34 bits per heavy atom. The zero-order valence-corrected chi connectivity index (χ0v) is 17.9. The maximum Gasteiger partial charge on any atom is 0.361 e. The minimum absolute atomic E-state index is 0.318. The maximum absolute atomic E-state index is 13.8. The van der Waals surface area contributed by atoms with E-state index in [1.165, 1.54) is 10.9 Å². The van der Waals surface area contributed by atoms with E-state index in [0.29, 0.717) is 18.5 Å². The van der Waals surface area contributed by atoms with E-state index in [4.69, 9.17) is 9.05 Å². The van der Waals surface area contributed by atoms with Gasteiger partial charge in [-0.15, -0.1) is 0 Å². The van der Waals surface area contributed by atoms with Crippen LogP contribution in [0.2, 0.25) is 0 Å². The van der Waals surface area contributed by atoms with Crippen LogP contribution in [-0.4, -0.2) is 13.2 Å². The van der Waals surface area contributed by atoms with Crippen LogP contribution in [0.25, 0.3) is 32.7 Å². The quantitative estimate of drug-likeness (QED) is 0.329. The fraction of sp³-hybridized carbons (Fsp3) is 0.200. The van der Waals surface area contributed by atoms with Crippen molar-refractivity contribution in [1.82, 2.24) is 0 Å². The molecule has 0 aliphatic carbocycles. The molecule has 0 bridgehead atoms. The number of aryl methyl sites for hydroxylation is 1. The summed E-state index contributed by atoms with van der Waals surface area (Å²) < 4.78 is 25.3. The smallest absolute Gasteiger partial charge is 0.305 e. The monoisotopic (exact) mass is 404 g/mol. The molecule has 4 heteroatoms. The van der Waals surface area contributed by atoms with Gasteiger partial charge in [0.15, 0.2) is 0 Å². The van der Waals surface area contributed by atoms with Crippen LogP contribution >= 0.6 is 7.60 Å². The lowest BCUT2D eigenvalue weighted by molar-refractivity contribution is 0.230. The predicted octanol–water partition coefficient (Wildman–Crippen LogP) is 6.86. The Kier molecular flexibility index (Phi) is 5.56. The molecule has 0 N–H and O–H groups in total. The highest BCUT2D eigenvalue weighted by molar-refractivity contribution is 7.62. The van der Waals surface area contributed by atoms with Gasteiger partial charge in [0.1, 0.15) is 0 Å². The van der Waals surface area contributed by atoms with Crippen LogP contribution in [0.4, 0.5) is 0 Å². The van der Waals surface area contributed by atoms with Crippen molar-refractivity contribution in [2.75, 3.05) is 13.2 Å². The summed E-state index contributed by atoms with van der Waals surface area (Å²) in [7, 11) is -3.47.